The Hall–Kier alpha value is -0.248. The molecule has 0 rings (SSSR count). The van der Waals surface area contributed by atoms with Gasteiger partial charge in [-0.1, -0.05) is 16.7 Å². The average Bonchev–Trinajstić information content (AvgIpc) is 1.80. The Balaban J connectivity index is 4.68. The highest BCUT2D eigenvalue weighted by Gasteiger charge is 2.06. The maximum Gasteiger partial charge on any atom is 0.358 e. The molecule has 0 aliphatic heterocycles. The van der Waals surface area contributed by atoms with Crippen molar-refractivity contribution in [3.8, 4) is 0 Å². The SMILES string of the molecule is CC(C)=[CH][Al]([CH]=C(C)C)[CH]=C(C)C. The maximum atomic E-state index is 2.43. The third-order valence-corrected chi connectivity index (χ3v) is 4.73. The van der Waals surface area contributed by atoms with Crippen molar-refractivity contribution in [1.82, 2.24) is 0 Å². The molecule has 0 amide bonds. The van der Waals surface area contributed by atoms with Gasteiger partial charge in [-0.2, -0.15) is 0 Å². The zero-order valence-corrected chi connectivity index (χ0v) is 11.0. The van der Waals surface area contributed by atoms with Crippen LogP contribution in [0, 0.1) is 0 Å². The Bertz CT molecular complexity index is 189. The smallest absolute Gasteiger partial charge is 0.137 e. The largest absolute Gasteiger partial charge is 0.358 e. The molecule has 0 heterocycles. The fourth-order valence-electron chi connectivity index (χ4n) is 1.30. The number of rotatable bonds is 3. The van der Waals surface area contributed by atoms with Crippen molar-refractivity contribution in [2.45, 2.75) is 41.5 Å². The third-order valence-electron chi connectivity index (χ3n) is 1.58. The quantitative estimate of drug-likeness (QED) is 0.593. The van der Waals surface area contributed by atoms with E-state index in [9.17, 15) is 0 Å². The molecule has 0 aliphatic carbocycles. The molecule has 0 nitrogen and oxygen atoms in total. The fourth-order valence-corrected chi connectivity index (χ4v) is 3.90. The van der Waals surface area contributed by atoms with Gasteiger partial charge in [0.1, 0.15) is 0 Å². The molecule has 0 aliphatic rings. The minimum absolute atomic E-state index is 0.894. The van der Waals surface area contributed by atoms with Crippen LogP contribution in [0.25, 0.3) is 0 Å². The Morgan fingerprint density at radius 3 is 1.00 bits per heavy atom. The van der Waals surface area contributed by atoms with Gasteiger partial charge in [0.05, 0.1) is 0 Å². The monoisotopic (exact) mass is 192 g/mol. The van der Waals surface area contributed by atoms with E-state index in [1.54, 1.807) is 0 Å². The molecule has 0 radical (unpaired) electrons. The molecule has 0 bridgehead atoms. The average molecular weight is 192 g/mol. The molecule has 0 aromatic rings. The fraction of sp³-hybridized carbons (Fsp3) is 0.500. The molecule has 0 saturated carbocycles. The minimum Gasteiger partial charge on any atom is -0.137 e. The van der Waals surface area contributed by atoms with E-state index in [1.165, 1.54) is 16.7 Å². The second kappa shape index (κ2) is 6.24. The summed E-state index contributed by atoms with van der Waals surface area (Å²) in [4.78, 5) is 7.29. The summed E-state index contributed by atoms with van der Waals surface area (Å²) in [7, 11) is 0. The summed E-state index contributed by atoms with van der Waals surface area (Å²) in [6, 6.07) is 0. The van der Waals surface area contributed by atoms with Crippen molar-refractivity contribution in [1.29, 1.82) is 0 Å². The highest BCUT2D eigenvalue weighted by Crippen LogP contribution is 2.03. The zero-order valence-electron chi connectivity index (χ0n) is 9.81. The predicted molar refractivity (Wildman–Crippen MR) is 64.0 cm³/mol. The van der Waals surface area contributed by atoms with E-state index in [1.807, 2.05) is 0 Å². The first-order chi connectivity index (χ1) is 5.91. The minimum atomic E-state index is -0.894. The van der Waals surface area contributed by atoms with E-state index < -0.39 is 14.1 Å². The molecular formula is C12H21Al. The molecule has 0 saturated heterocycles. The zero-order chi connectivity index (χ0) is 10.4. The van der Waals surface area contributed by atoms with Crippen molar-refractivity contribution in [2.75, 3.05) is 0 Å². The van der Waals surface area contributed by atoms with E-state index in [0.29, 0.717) is 0 Å². The van der Waals surface area contributed by atoms with Crippen LogP contribution in [0.1, 0.15) is 41.5 Å². The predicted octanol–water partition coefficient (Wildman–Crippen LogP) is 4.00. The van der Waals surface area contributed by atoms with E-state index >= 15 is 0 Å². The second-order valence-electron chi connectivity index (χ2n) is 4.31. The second-order valence-corrected chi connectivity index (χ2v) is 6.46. The Labute approximate surface area is 87.4 Å². The van der Waals surface area contributed by atoms with E-state index in [0.717, 1.165) is 0 Å². The molecule has 0 fully saturated rings. The maximum absolute atomic E-state index is 2.43. The molecule has 0 aromatic carbocycles. The van der Waals surface area contributed by atoms with Crippen LogP contribution in [0.15, 0.2) is 31.5 Å². The lowest BCUT2D eigenvalue weighted by Crippen LogP contribution is -2.04. The standard InChI is InChI=1S/3C4H7.Al/c3*1-4(2)3;/h3*1H,2-3H3;. The summed E-state index contributed by atoms with van der Waals surface area (Å²) in [6.07, 6.45) is 0. The molecule has 0 atom stereocenters. The summed E-state index contributed by atoms with van der Waals surface area (Å²) in [6.45, 7) is 13.1. The van der Waals surface area contributed by atoms with Gasteiger partial charge in [0.25, 0.3) is 0 Å². The van der Waals surface area contributed by atoms with Crippen LogP contribution in [-0.2, 0) is 0 Å². The van der Waals surface area contributed by atoms with Crippen molar-refractivity contribution < 1.29 is 0 Å². The lowest BCUT2D eigenvalue weighted by Gasteiger charge is -1.99. The highest BCUT2D eigenvalue weighted by molar-refractivity contribution is 6.74. The first-order valence-corrected chi connectivity index (χ1v) is 6.87. The topological polar surface area (TPSA) is 0 Å². The van der Waals surface area contributed by atoms with Gasteiger partial charge in [-0.05, 0) is 41.5 Å². The molecule has 0 unspecified atom stereocenters. The Morgan fingerprint density at radius 1 is 0.615 bits per heavy atom. The molecule has 0 aromatic heterocycles. The normalized spacial score (nSPS) is 8.77. The van der Waals surface area contributed by atoms with Crippen molar-refractivity contribution in [2.24, 2.45) is 0 Å². The van der Waals surface area contributed by atoms with Crippen LogP contribution in [0.4, 0.5) is 0 Å². The van der Waals surface area contributed by atoms with Gasteiger partial charge in [-0.3, -0.25) is 0 Å². The van der Waals surface area contributed by atoms with Crippen LogP contribution in [0.2, 0.25) is 0 Å². The summed E-state index contributed by atoms with van der Waals surface area (Å²) in [5, 5.41) is 0. The van der Waals surface area contributed by atoms with Gasteiger partial charge in [0, 0.05) is 0 Å². The van der Waals surface area contributed by atoms with Crippen LogP contribution in [0.3, 0.4) is 0 Å². The number of allylic oxidation sites excluding steroid dienone is 3. The first-order valence-electron chi connectivity index (χ1n) is 4.87. The van der Waals surface area contributed by atoms with E-state index in [-0.39, 0.29) is 0 Å². The lowest BCUT2D eigenvalue weighted by molar-refractivity contribution is 1.38. The van der Waals surface area contributed by atoms with Gasteiger partial charge < -0.3 is 0 Å². The van der Waals surface area contributed by atoms with Gasteiger partial charge in [-0.15, -0.1) is 14.8 Å². The van der Waals surface area contributed by atoms with Gasteiger partial charge in [0.15, 0.2) is 0 Å². The number of hydrogen-bond donors (Lipinski definition) is 0. The van der Waals surface area contributed by atoms with E-state index in [2.05, 4.69) is 56.4 Å². The van der Waals surface area contributed by atoms with E-state index in [4.69, 9.17) is 0 Å². The van der Waals surface area contributed by atoms with Gasteiger partial charge in [0.2, 0.25) is 0 Å². The van der Waals surface area contributed by atoms with Crippen LogP contribution in [0.5, 0.6) is 0 Å². The summed E-state index contributed by atoms with van der Waals surface area (Å²) in [5.41, 5.74) is 4.31. The molecule has 13 heavy (non-hydrogen) atoms. The van der Waals surface area contributed by atoms with Crippen LogP contribution >= 0.6 is 0 Å². The Kier molecular flexibility index (Phi) is 6.12. The summed E-state index contributed by atoms with van der Waals surface area (Å²) < 4.78 is 0. The van der Waals surface area contributed by atoms with Crippen molar-refractivity contribution in [3.63, 3.8) is 0 Å². The van der Waals surface area contributed by atoms with Gasteiger partial charge >= 0.3 is 14.1 Å². The van der Waals surface area contributed by atoms with Crippen molar-refractivity contribution >= 4 is 14.1 Å². The van der Waals surface area contributed by atoms with Crippen LogP contribution in [-0.4, -0.2) is 14.1 Å². The molecule has 72 valence electrons. The first kappa shape index (κ1) is 12.8. The molecule has 0 spiro atoms. The van der Waals surface area contributed by atoms with Gasteiger partial charge in [-0.25, -0.2) is 0 Å². The summed E-state index contributed by atoms with van der Waals surface area (Å²) >= 11 is -0.894. The lowest BCUT2D eigenvalue weighted by atomic mass is 10.4. The summed E-state index contributed by atoms with van der Waals surface area (Å²) in [5.74, 6) is 0. The molecular weight excluding hydrogens is 171 g/mol. The number of hydrogen-bond acceptors (Lipinski definition) is 0. The van der Waals surface area contributed by atoms with Crippen LogP contribution < -0.4 is 0 Å². The highest BCUT2D eigenvalue weighted by atomic mass is 27.2. The Morgan fingerprint density at radius 2 is 0.846 bits per heavy atom. The third kappa shape index (κ3) is 8.09. The van der Waals surface area contributed by atoms with Crippen molar-refractivity contribution in [3.05, 3.63) is 31.5 Å². The molecule has 1 heteroatoms. The molecule has 0 N–H and O–H groups in total.